The number of hydrogen-bond donors (Lipinski definition) is 0. The zero-order valence-corrected chi connectivity index (χ0v) is 27.9. The summed E-state index contributed by atoms with van der Waals surface area (Å²) in [6.45, 7) is 0. The summed E-state index contributed by atoms with van der Waals surface area (Å²) in [6.07, 6.45) is 8.22. The second kappa shape index (κ2) is 12.7. The Morgan fingerprint density at radius 1 is 0.420 bits per heavy atom. The number of anilines is 2. The minimum atomic E-state index is -0.427. The van der Waals surface area contributed by atoms with Crippen LogP contribution < -0.4 is 4.90 Å². The zero-order valence-electron chi connectivity index (χ0n) is 27.9. The van der Waals surface area contributed by atoms with E-state index in [2.05, 4.69) is 211 Å². The number of fused-ring (bicyclic) bond motifs is 3. The lowest BCUT2D eigenvalue weighted by Crippen LogP contribution is -2.35. The highest BCUT2D eigenvalue weighted by atomic mass is 15.2. The largest absolute Gasteiger partial charge is 0.334 e. The third kappa shape index (κ3) is 5.02. The molecule has 0 amide bonds. The Hall–Kier alpha value is -6.18. The second-order valence-corrected chi connectivity index (χ2v) is 13.2. The molecule has 0 saturated carbocycles. The molecule has 0 fully saturated rings. The first-order valence-electron chi connectivity index (χ1n) is 17.5. The van der Waals surface area contributed by atoms with Gasteiger partial charge < -0.3 is 4.90 Å². The van der Waals surface area contributed by atoms with E-state index in [0.29, 0.717) is 0 Å². The van der Waals surface area contributed by atoms with E-state index >= 15 is 0 Å². The van der Waals surface area contributed by atoms with Crippen LogP contribution in [0.25, 0.3) is 33.4 Å². The van der Waals surface area contributed by atoms with Crippen LogP contribution in [0.1, 0.15) is 23.1 Å². The summed E-state index contributed by atoms with van der Waals surface area (Å²) < 4.78 is 0. The highest BCUT2D eigenvalue weighted by Gasteiger charge is 2.47. The smallest absolute Gasteiger partial charge is 0.0711 e. The third-order valence-electron chi connectivity index (χ3n) is 10.5. The fraction of sp³-hybridized carbons (Fsp3) is 0.0612. The van der Waals surface area contributed by atoms with E-state index in [0.717, 1.165) is 6.42 Å². The summed E-state index contributed by atoms with van der Waals surface area (Å²) in [5.74, 6) is 0. The van der Waals surface area contributed by atoms with Crippen LogP contribution in [0.3, 0.4) is 0 Å². The van der Waals surface area contributed by atoms with Gasteiger partial charge in [-0.05, 0) is 86.3 Å². The van der Waals surface area contributed by atoms with Gasteiger partial charge in [0.2, 0.25) is 0 Å². The Bertz CT molecular complexity index is 2190. The van der Waals surface area contributed by atoms with Crippen LogP contribution >= 0.6 is 0 Å². The second-order valence-electron chi connectivity index (χ2n) is 13.2. The number of allylic oxidation sites excluding steroid dienone is 2. The van der Waals surface area contributed by atoms with E-state index in [9.17, 15) is 0 Å². The molecule has 1 unspecified atom stereocenters. The Balaban J connectivity index is 1.21. The predicted octanol–water partition coefficient (Wildman–Crippen LogP) is 12.4. The zero-order chi connectivity index (χ0) is 33.3. The van der Waals surface area contributed by atoms with Gasteiger partial charge in [-0.1, -0.05) is 182 Å². The predicted molar refractivity (Wildman–Crippen MR) is 210 cm³/mol. The van der Waals surface area contributed by atoms with Crippen molar-refractivity contribution in [2.24, 2.45) is 0 Å². The topological polar surface area (TPSA) is 3.24 Å². The van der Waals surface area contributed by atoms with Gasteiger partial charge in [0.25, 0.3) is 0 Å². The van der Waals surface area contributed by atoms with Crippen LogP contribution in [0.2, 0.25) is 0 Å². The van der Waals surface area contributed by atoms with Crippen LogP contribution in [0.4, 0.5) is 11.4 Å². The fourth-order valence-electron chi connectivity index (χ4n) is 8.23. The molecule has 0 radical (unpaired) electrons. The maximum atomic E-state index is 2.54. The molecule has 1 heteroatoms. The first-order chi connectivity index (χ1) is 24.8. The van der Waals surface area contributed by atoms with Crippen molar-refractivity contribution in [3.63, 3.8) is 0 Å². The maximum Gasteiger partial charge on any atom is 0.0711 e. The van der Waals surface area contributed by atoms with Gasteiger partial charge in [0, 0.05) is 11.4 Å². The summed E-state index contributed by atoms with van der Waals surface area (Å²) in [7, 11) is 0. The fourth-order valence-corrected chi connectivity index (χ4v) is 8.23. The first kappa shape index (κ1) is 29.9. The van der Waals surface area contributed by atoms with Gasteiger partial charge in [-0.2, -0.15) is 0 Å². The first-order valence-corrected chi connectivity index (χ1v) is 17.5. The van der Waals surface area contributed by atoms with Crippen LogP contribution in [0, 0.1) is 0 Å². The minimum Gasteiger partial charge on any atom is -0.334 e. The van der Waals surface area contributed by atoms with Crippen molar-refractivity contribution in [3.8, 4) is 33.4 Å². The Morgan fingerprint density at radius 2 is 0.840 bits per heavy atom. The molecule has 0 aliphatic heterocycles. The van der Waals surface area contributed by atoms with Crippen molar-refractivity contribution >= 4 is 11.4 Å². The van der Waals surface area contributed by atoms with Crippen LogP contribution in [-0.4, -0.2) is 6.04 Å². The van der Waals surface area contributed by atoms with Gasteiger partial charge in [0.05, 0.1) is 11.5 Å². The van der Waals surface area contributed by atoms with Crippen molar-refractivity contribution in [2.45, 2.75) is 17.9 Å². The number of benzene rings is 7. The normalized spacial score (nSPS) is 15.5. The lowest BCUT2D eigenvalue weighted by atomic mass is 9.66. The van der Waals surface area contributed by atoms with Gasteiger partial charge >= 0.3 is 0 Å². The summed E-state index contributed by atoms with van der Waals surface area (Å²) >= 11 is 0. The van der Waals surface area contributed by atoms with Crippen LogP contribution in [0.5, 0.6) is 0 Å². The Labute approximate surface area is 295 Å². The van der Waals surface area contributed by atoms with Gasteiger partial charge in [0.15, 0.2) is 0 Å². The Morgan fingerprint density at radius 3 is 1.34 bits per heavy atom. The van der Waals surface area contributed by atoms with Crippen molar-refractivity contribution < 1.29 is 0 Å². The van der Waals surface area contributed by atoms with E-state index < -0.39 is 5.41 Å². The molecule has 2 aliphatic rings. The van der Waals surface area contributed by atoms with E-state index in [-0.39, 0.29) is 6.04 Å². The molecule has 7 aromatic rings. The molecule has 50 heavy (non-hydrogen) atoms. The minimum absolute atomic E-state index is 0.0978. The molecule has 0 heterocycles. The standard InChI is InChI=1S/C49H37N/c1-4-15-36(16-5-1)38-27-31-42(32-28-38)50(43-33-29-39(30-34-43)37-17-6-2-7-18-37)44-22-14-21-41(35-44)49(40-19-8-3-9-20-40)47-25-12-10-23-45(47)46-24-11-13-26-48(46)49/h1-21,23-35,44H,22H2. The molecule has 7 aromatic carbocycles. The molecule has 9 rings (SSSR count). The van der Waals surface area contributed by atoms with Gasteiger partial charge in [-0.3, -0.25) is 0 Å². The SMILES string of the molecule is C1=CC(C2(c3ccccc3)c3ccccc3-c3ccccc32)=CC(N(c2ccc(-c3ccccc3)cc2)c2ccc(-c3ccccc3)cc2)C1. The molecular formula is C49H37N. The molecule has 1 nitrogen and oxygen atoms in total. The molecule has 1 atom stereocenters. The van der Waals surface area contributed by atoms with E-state index in [1.54, 1.807) is 0 Å². The molecule has 0 aromatic heterocycles. The molecule has 0 bridgehead atoms. The Kier molecular flexibility index (Phi) is 7.59. The molecule has 0 saturated heterocycles. The van der Waals surface area contributed by atoms with Crippen molar-refractivity contribution in [1.82, 2.24) is 0 Å². The molecule has 2 aliphatic carbocycles. The van der Waals surface area contributed by atoms with Gasteiger partial charge in [-0.25, -0.2) is 0 Å². The number of rotatable bonds is 7. The van der Waals surface area contributed by atoms with Crippen molar-refractivity contribution in [3.05, 3.63) is 229 Å². The molecule has 0 spiro atoms. The lowest BCUT2D eigenvalue weighted by Gasteiger charge is -2.39. The molecule has 238 valence electrons. The van der Waals surface area contributed by atoms with E-state index in [1.165, 1.54) is 67.0 Å². The molecular weight excluding hydrogens is 603 g/mol. The monoisotopic (exact) mass is 639 g/mol. The summed E-state index contributed by atoms with van der Waals surface area (Å²) in [6, 6.07) is 68.6. The summed E-state index contributed by atoms with van der Waals surface area (Å²) in [4.78, 5) is 2.53. The average Bonchev–Trinajstić information content (AvgIpc) is 3.51. The van der Waals surface area contributed by atoms with Crippen molar-refractivity contribution in [2.75, 3.05) is 4.90 Å². The van der Waals surface area contributed by atoms with E-state index in [4.69, 9.17) is 0 Å². The summed E-state index contributed by atoms with van der Waals surface area (Å²) in [5, 5.41) is 0. The van der Waals surface area contributed by atoms with Crippen molar-refractivity contribution in [1.29, 1.82) is 0 Å². The highest BCUT2D eigenvalue weighted by Crippen LogP contribution is 2.57. The quantitative estimate of drug-likeness (QED) is 0.168. The number of hydrogen-bond acceptors (Lipinski definition) is 1. The highest BCUT2D eigenvalue weighted by molar-refractivity contribution is 5.87. The maximum absolute atomic E-state index is 2.54. The summed E-state index contributed by atoms with van der Waals surface area (Å²) in [5.41, 5.74) is 14.7. The van der Waals surface area contributed by atoms with Gasteiger partial charge in [0.1, 0.15) is 0 Å². The average molecular weight is 640 g/mol. The lowest BCUT2D eigenvalue weighted by molar-refractivity contribution is 0.714. The third-order valence-corrected chi connectivity index (χ3v) is 10.5. The van der Waals surface area contributed by atoms with E-state index in [1.807, 2.05) is 0 Å². The number of nitrogens with zero attached hydrogens (tertiary/aromatic N) is 1. The van der Waals surface area contributed by atoms with Gasteiger partial charge in [-0.15, -0.1) is 0 Å². The van der Waals surface area contributed by atoms with Crippen LogP contribution in [0.15, 0.2) is 212 Å². The molecule has 0 N–H and O–H groups in total. The van der Waals surface area contributed by atoms with Crippen LogP contribution in [-0.2, 0) is 5.41 Å².